The van der Waals surface area contributed by atoms with Crippen molar-refractivity contribution in [3.63, 3.8) is 0 Å². The Balaban J connectivity index is 1.84. The highest BCUT2D eigenvalue weighted by atomic mass is 35.5. The van der Waals surface area contributed by atoms with Gasteiger partial charge in [-0.1, -0.05) is 35.9 Å². The second-order valence-corrected chi connectivity index (χ2v) is 4.96. The Labute approximate surface area is 121 Å². The molecular formula is C15H13ClN4. The van der Waals surface area contributed by atoms with Crippen molar-refractivity contribution in [2.75, 3.05) is 5.73 Å². The molecule has 3 rings (SSSR count). The van der Waals surface area contributed by atoms with Gasteiger partial charge in [0.2, 0.25) is 0 Å². The molecule has 0 bridgehead atoms. The van der Waals surface area contributed by atoms with E-state index in [1.165, 1.54) is 0 Å². The fraction of sp³-hybridized carbons (Fsp3) is 0.0667. The van der Waals surface area contributed by atoms with Crippen LogP contribution in [0.25, 0.3) is 11.4 Å². The van der Waals surface area contributed by atoms with Gasteiger partial charge in [0.05, 0.1) is 6.54 Å². The van der Waals surface area contributed by atoms with E-state index in [-0.39, 0.29) is 0 Å². The van der Waals surface area contributed by atoms with Crippen molar-refractivity contribution in [1.29, 1.82) is 0 Å². The number of benzene rings is 2. The Kier molecular flexibility index (Phi) is 3.39. The van der Waals surface area contributed by atoms with Crippen molar-refractivity contribution >= 4 is 17.3 Å². The zero-order valence-electron chi connectivity index (χ0n) is 10.7. The van der Waals surface area contributed by atoms with Gasteiger partial charge in [0, 0.05) is 16.3 Å². The molecule has 0 radical (unpaired) electrons. The van der Waals surface area contributed by atoms with E-state index in [0.717, 1.165) is 16.1 Å². The van der Waals surface area contributed by atoms with Crippen LogP contribution in [0.15, 0.2) is 54.9 Å². The second-order valence-electron chi connectivity index (χ2n) is 4.52. The lowest BCUT2D eigenvalue weighted by molar-refractivity contribution is 0.687. The zero-order valence-corrected chi connectivity index (χ0v) is 11.5. The van der Waals surface area contributed by atoms with Crippen LogP contribution in [0.3, 0.4) is 0 Å². The first kappa shape index (κ1) is 12.7. The first-order valence-corrected chi connectivity index (χ1v) is 6.58. The van der Waals surface area contributed by atoms with E-state index < -0.39 is 0 Å². The number of aromatic nitrogens is 3. The molecule has 0 spiro atoms. The fourth-order valence-corrected chi connectivity index (χ4v) is 2.22. The van der Waals surface area contributed by atoms with Gasteiger partial charge in [0.1, 0.15) is 6.33 Å². The molecule has 0 fully saturated rings. The molecule has 5 heteroatoms. The first-order chi connectivity index (χ1) is 9.70. The maximum Gasteiger partial charge on any atom is 0.181 e. The van der Waals surface area contributed by atoms with Crippen LogP contribution in [0.4, 0.5) is 5.69 Å². The number of hydrogen-bond acceptors (Lipinski definition) is 3. The van der Waals surface area contributed by atoms with E-state index in [0.29, 0.717) is 18.1 Å². The van der Waals surface area contributed by atoms with E-state index >= 15 is 0 Å². The minimum Gasteiger partial charge on any atom is -0.399 e. The predicted molar refractivity (Wildman–Crippen MR) is 80.4 cm³/mol. The molecule has 1 heterocycles. The summed E-state index contributed by atoms with van der Waals surface area (Å²) in [5.41, 5.74) is 8.47. The molecule has 2 N–H and O–H groups in total. The molecule has 0 saturated heterocycles. The minimum absolute atomic E-state index is 0.635. The largest absolute Gasteiger partial charge is 0.399 e. The van der Waals surface area contributed by atoms with Gasteiger partial charge in [-0.2, -0.15) is 5.10 Å². The summed E-state index contributed by atoms with van der Waals surface area (Å²) in [4.78, 5) is 4.31. The van der Waals surface area contributed by atoms with Gasteiger partial charge >= 0.3 is 0 Å². The van der Waals surface area contributed by atoms with Gasteiger partial charge in [-0.25, -0.2) is 9.67 Å². The van der Waals surface area contributed by atoms with Crippen molar-refractivity contribution in [1.82, 2.24) is 14.8 Å². The molecular weight excluding hydrogens is 272 g/mol. The number of nitrogens with two attached hydrogens (primary N) is 1. The summed E-state index contributed by atoms with van der Waals surface area (Å²) in [5.74, 6) is 0.666. The Bertz CT molecular complexity index is 736. The summed E-state index contributed by atoms with van der Waals surface area (Å²) in [6.45, 7) is 0.635. The maximum atomic E-state index is 5.97. The Morgan fingerprint density at radius 3 is 2.75 bits per heavy atom. The molecule has 20 heavy (non-hydrogen) atoms. The summed E-state index contributed by atoms with van der Waals surface area (Å²) >= 11 is 5.97. The summed E-state index contributed by atoms with van der Waals surface area (Å²) in [7, 11) is 0. The van der Waals surface area contributed by atoms with Gasteiger partial charge < -0.3 is 5.73 Å². The van der Waals surface area contributed by atoms with Crippen molar-refractivity contribution in [3.05, 3.63) is 65.4 Å². The van der Waals surface area contributed by atoms with E-state index in [1.807, 2.05) is 48.5 Å². The second kappa shape index (κ2) is 5.35. The molecule has 2 aromatic carbocycles. The van der Waals surface area contributed by atoms with Crippen LogP contribution in [0.5, 0.6) is 0 Å². The highest BCUT2D eigenvalue weighted by molar-refractivity contribution is 6.30. The Morgan fingerprint density at radius 2 is 1.95 bits per heavy atom. The maximum absolute atomic E-state index is 5.97. The van der Waals surface area contributed by atoms with Crippen LogP contribution in [0.2, 0.25) is 5.02 Å². The van der Waals surface area contributed by atoms with Crippen molar-refractivity contribution in [3.8, 4) is 11.4 Å². The topological polar surface area (TPSA) is 56.7 Å². The summed E-state index contributed by atoms with van der Waals surface area (Å²) in [6, 6.07) is 15.2. The molecule has 0 unspecified atom stereocenters. The van der Waals surface area contributed by atoms with Gasteiger partial charge in [0.15, 0.2) is 5.82 Å². The lowest BCUT2D eigenvalue weighted by Gasteiger charge is -2.01. The molecule has 0 aliphatic heterocycles. The zero-order chi connectivity index (χ0) is 13.9. The molecule has 0 aliphatic rings. The summed E-state index contributed by atoms with van der Waals surface area (Å²) < 4.78 is 1.78. The smallest absolute Gasteiger partial charge is 0.181 e. The van der Waals surface area contributed by atoms with Crippen LogP contribution in [0.1, 0.15) is 5.56 Å². The van der Waals surface area contributed by atoms with E-state index in [9.17, 15) is 0 Å². The standard InChI is InChI=1S/C15H13ClN4/c16-13-5-1-3-11(7-13)9-20-10-18-15(19-20)12-4-2-6-14(17)8-12/h1-8,10H,9,17H2. The molecule has 0 atom stereocenters. The molecule has 0 saturated carbocycles. The molecule has 0 aliphatic carbocycles. The normalized spacial score (nSPS) is 10.7. The predicted octanol–water partition coefficient (Wildman–Crippen LogP) is 3.23. The number of anilines is 1. The van der Waals surface area contributed by atoms with Crippen molar-refractivity contribution in [2.45, 2.75) is 6.54 Å². The number of hydrogen-bond donors (Lipinski definition) is 1. The van der Waals surface area contributed by atoms with E-state index in [4.69, 9.17) is 17.3 Å². The van der Waals surface area contributed by atoms with E-state index in [1.54, 1.807) is 11.0 Å². The van der Waals surface area contributed by atoms with E-state index in [2.05, 4.69) is 10.1 Å². The third kappa shape index (κ3) is 2.81. The highest BCUT2D eigenvalue weighted by Crippen LogP contribution is 2.17. The van der Waals surface area contributed by atoms with Crippen LogP contribution < -0.4 is 5.73 Å². The molecule has 100 valence electrons. The minimum atomic E-state index is 0.635. The SMILES string of the molecule is Nc1cccc(-c2ncn(Cc3cccc(Cl)c3)n2)c1. The number of nitrogen functional groups attached to an aromatic ring is 1. The molecule has 4 nitrogen and oxygen atoms in total. The number of halogens is 1. The highest BCUT2D eigenvalue weighted by Gasteiger charge is 2.05. The number of nitrogens with zero attached hydrogens (tertiary/aromatic N) is 3. The lowest BCUT2D eigenvalue weighted by atomic mass is 10.2. The Hall–Kier alpha value is -2.33. The first-order valence-electron chi connectivity index (χ1n) is 6.20. The average Bonchev–Trinajstić information content (AvgIpc) is 2.87. The quantitative estimate of drug-likeness (QED) is 0.751. The van der Waals surface area contributed by atoms with Crippen molar-refractivity contribution < 1.29 is 0 Å². The fourth-order valence-electron chi connectivity index (χ4n) is 2.00. The molecule has 0 amide bonds. The van der Waals surface area contributed by atoms with Crippen LogP contribution in [0, 0.1) is 0 Å². The third-order valence-electron chi connectivity index (χ3n) is 2.91. The van der Waals surface area contributed by atoms with Crippen LogP contribution in [-0.4, -0.2) is 14.8 Å². The van der Waals surface area contributed by atoms with Gasteiger partial charge in [-0.3, -0.25) is 0 Å². The molecule has 3 aromatic rings. The average molecular weight is 285 g/mol. The van der Waals surface area contributed by atoms with Crippen LogP contribution in [-0.2, 0) is 6.54 Å². The van der Waals surface area contributed by atoms with Crippen LogP contribution >= 0.6 is 11.6 Å². The van der Waals surface area contributed by atoms with Gasteiger partial charge in [0.25, 0.3) is 0 Å². The summed E-state index contributed by atoms with van der Waals surface area (Å²) in [5, 5.41) is 5.17. The van der Waals surface area contributed by atoms with Gasteiger partial charge in [-0.15, -0.1) is 0 Å². The van der Waals surface area contributed by atoms with Gasteiger partial charge in [-0.05, 0) is 29.8 Å². The van der Waals surface area contributed by atoms with Crippen molar-refractivity contribution in [2.24, 2.45) is 0 Å². The lowest BCUT2D eigenvalue weighted by Crippen LogP contribution is -2.00. The third-order valence-corrected chi connectivity index (χ3v) is 3.15. The summed E-state index contributed by atoms with van der Waals surface area (Å²) in [6.07, 6.45) is 1.71. The number of rotatable bonds is 3. The molecule has 1 aromatic heterocycles. The Morgan fingerprint density at radius 1 is 1.10 bits per heavy atom. The monoisotopic (exact) mass is 284 g/mol.